The van der Waals surface area contributed by atoms with Gasteiger partial charge in [-0.25, -0.2) is 4.90 Å². The maximum atomic E-state index is 12.6. The van der Waals surface area contributed by atoms with Crippen molar-refractivity contribution < 1.29 is 9.59 Å². The number of nitrogens with zero attached hydrogens (tertiary/aromatic N) is 1. The molecule has 0 atom stereocenters. The third kappa shape index (κ3) is 3.49. The van der Waals surface area contributed by atoms with Gasteiger partial charge in [-0.3, -0.25) is 9.59 Å². The summed E-state index contributed by atoms with van der Waals surface area (Å²) in [7, 11) is 0. The van der Waals surface area contributed by atoms with E-state index in [0.29, 0.717) is 10.6 Å². The molecule has 0 bridgehead atoms. The van der Waals surface area contributed by atoms with Gasteiger partial charge in [-0.1, -0.05) is 48.5 Å². The highest BCUT2D eigenvalue weighted by Gasteiger charge is 2.36. The van der Waals surface area contributed by atoms with E-state index in [2.05, 4.69) is 0 Å². The molecule has 120 valence electrons. The van der Waals surface area contributed by atoms with E-state index in [-0.39, 0.29) is 11.1 Å². The molecule has 3 nitrogen and oxygen atoms in total. The van der Waals surface area contributed by atoms with Crippen LogP contribution in [-0.2, 0) is 4.79 Å². The zero-order valence-electron chi connectivity index (χ0n) is 13.5. The van der Waals surface area contributed by atoms with Crippen LogP contribution in [0.2, 0.25) is 0 Å². The third-order valence-corrected chi connectivity index (χ3v) is 4.48. The summed E-state index contributed by atoms with van der Waals surface area (Å²) in [5.74, 6) is -0.267. The zero-order chi connectivity index (χ0) is 17.1. The second-order valence-electron chi connectivity index (χ2n) is 5.66. The molecule has 1 heterocycles. The largest absolute Gasteiger partial charge is 0.298 e. The van der Waals surface area contributed by atoms with Crippen molar-refractivity contribution in [2.24, 2.45) is 0 Å². The number of amides is 2. The van der Waals surface area contributed by atoms with Gasteiger partial charge < -0.3 is 0 Å². The van der Waals surface area contributed by atoms with E-state index in [0.717, 1.165) is 28.5 Å². The van der Waals surface area contributed by atoms with Crippen LogP contribution in [0.25, 0.3) is 6.08 Å². The Bertz CT molecular complexity index is 853. The molecule has 1 aliphatic rings. The monoisotopic (exact) mass is 335 g/mol. The topological polar surface area (TPSA) is 37.4 Å². The summed E-state index contributed by atoms with van der Waals surface area (Å²) in [6.45, 7) is 3.86. The molecular formula is C20H17NO2S. The average molecular weight is 335 g/mol. The lowest BCUT2D eigenvalue weighted by molar-refractivity contribution is -0.113. The molecule has 1 saturated heterocycles. The highest BCUT2D eigenvalue weighted by molar-refractivity contribution is 8.18. The Hall–Kier alpha value is -2.59. The predicted molar refractivity (Wildman–Crippen MR) is 99.8 cm³/mol. The number of benzene rings is 2. The zero-order valence-corrected chi connectivity index (χ0v) is 14.3. The molecule has 3 rings (SSSR count). The number of hydrogen-bond acceptors (Lipinski definition) is 3. The first kappa shape index (κ1) is 16.3. The molecule has 0 unspecified atom stereocenters. The molecule has 2 aromatic rings. The van der Waals surface area contributed by atoms with Crippen LogP contribution in [-0.4, -0.2) is 11.1 Å². The average Bonchev–Trinajstić information content (AvgIpc) is 2.82. The van der Waals surface area contributed by atoms with Crippen LogP contribution in [0.4, 0.5) is 10.5 Å². The molecule has 4 heteroatoms. The number of aryl methyl sites for hydroxylation is 1. The van der Waals surface area contributed by atoms with Crippen LogP contribution >= 0.6 is 11.8 Å². The van der Waals surface area contributed by atoms with Crippen LogP contribution in [0.3, 0.4) is 0 Å². The molecule has 2 aromatic carbocycles. The van der Waals surface area contributed by atoms with Crippen molar-refractivity contribution in [2.45, 2.75) is 13.8 Å². The molecule has 0 N–H and O–H groups in total. The van der Waals surface area contributed by atoms with Crippen LogP contribution in [0.1, 0.15) is 18.1 Å². The molecule has 0 saturated carbocycles. The summed E-state index contributed by atoms with van der Waals surface area (Å²) in [6, 6.07) is 17.3. The Morgan fingerprint density at radius 3 is 2.50 bits per heavy atom. The minimum absolute atomic E-state index is 0.260. The summed E-state index contributed by atoms with van der Waals surface area (Å²) in [4.78, 5) is 26.5. The van der Waals surface area contributed by atoms with E-state index in [1.54, 1.807) is 12.1 Å². The van der Waals surface area contributed by atoms with E-state index < -0.39 is 0 Å². The Kier molecular flexibility index (Phi) is 4.67. The summed E-state index contributed by atoms with van der Waals surface area (Å²) >= 11 is 0.979. The van der Waals surface area contributed by atoms with E-state index in [1.807, 2.05) is 68.5 Å². The maximum Gasteiger partial charge on any atom is 0.298 e. The van der Waals surface area contributed by atoms with Gasteiger partial charge in [0.25, 0.3) is 11.1 Å². The lowest BCUT2D eigenvalue weighted by Gasteiger charge is -2.12. The smallest absolute Gasteiger partial charge is 0.268 e. The second kappa shape index (κ2) is 6.89. The predicted octanol–water partition coefficient (Wildman–Crippen LogP) is 5.18. The lowest BCUT2D eigenvalue weighted by atomic mass is 10.1. The Morgan fingerprint density at radius 2 is 1.79 bits per heavy atom. The second-order valence-corrected chi connectivity index (χ2v) is 6.65. The van der Waals surface area contributed by atoms with Crippen LogP contribution < -0.4 is 4.90 Å². The van der Waals surface area contributed by atoms with Gasteiger partial charge in [0.1, 0.15) is 0 Å². The maximum absolute atomic E-state index is 12.6. The Morgan fingerprint density at radius 1 is 1.04 bits per heavy atom. The molecule has 0 spiro atoms. The number of anilines is 1. The number of carbonyl (C=O) groups excluding carboxylic acids is 2. The van der Waals surface area contributed by atoms with Gasteiger partial charge in [0.05, 0.1) is 10.6 Å². The van der Waals surface area contributed by atoms with Crippen LogP contribution in [0.5, 0.6) is 0 Å². The van der Waals surface area contributed by atoms with Crippen LogP contribution in [0.15, 0.2) is 71.2 Å². The van der Waals surface area contributed by atoms with E-state index in [4.69, 9.17) is 0 Å². The number of allylic oxidation sites excluding steroid dienone is 2. The van der Waals surface area contributed by atoms with Crippen molar-refractivity contribution in [1.29, 1.82) is 0 Å². The van der Waals surface area contributed by atoms with Gasteiger partial charge in [0.15, 0.2) is 0 Å². The van der Waals surface area contributed by atoms with E-state index >= 15 is 0 Å². The fourth-order valence-electron chi connectivity index (χ4n) is 2.52. The number of hydrogen-bond donors (Lipinski definition) is 0. The standard InChI is InChI=1S/C20H17NO2S/c1-14-7-6-10-17(12-14)21-19(22)18(24-20(21)23)13-15(2)11-16-8-4-3-5-9-16/h3-13H,1-2H3/b15-11+,18-13+. The molecule has 2 amide bonds. The van der Waals surface area contributed by atoms with E-state index in [1.165, 1.54) is 4.90 Å². The first-order valence-electron chi connectivity index (χ1n) is 7.62. The van der Waals surface area contributed by atoms with Gasteiger partial charge in [-0.05, 0) is 60.5 Å². The molecule has 1 fully saturated rings. The van der Waals surface area contributed by atoms with Crippen molar-refractivity contribution in [3.63, 3.8) is 0 Å². The summed E-state index contributed by atoms with van der Waals surface area (Å²) < 4.78 is 0. The normalized spacial score (nSPS) is 17.0. The molecule has 0 aromatic heterocycles. The summed E-state index contributed by atoms with van der Waals surface area (Å²) in [6.07, 6.45) is 3.76. The first-order valence-corrected chi connectivity index (χ1v) is 8.44. The Labute approximate surface area is 145 Å². The number of thioether (sulfide) groups is 1. The van der Waals surface area contributed by atoms with Crippen molar-refractivity contribution in [3.8, 4) is 0 Å². The fourth-order valence-corrected chi connectivity index (χ4v) is 3.41. The SMILES string of the molecule is CC(=C\c1ccccc1)/C=C1/SC(=O)N(c2cccc(C)c2)C1=O. The van der Waals surface area contributed by atoms with Gasteiger partial charge in [0.2, 0.25) is 0 Å². The highest BCUT2D eigenvalue weighted by Crippen LogP contribution is 2.35. The number of carbonyl (C=O) groups is 2. The van der Waals surface area contributed by atoms with E-state index in [9.17, 15) is 9.59 Å². The molecule has 0 radical (unpaired) electrons. The van der Waals surface area contributed by atoms with Crippen molar-refractivity contribution in [1.82, 2.24) is 0 Å². The molecule has 0 aliphatic carbocycles. The van der Waals surface area contributed by atoms with Gasteiger partial charge in [-0.2, -0.15) is 0 Å². The summed E-state index contributed by atoms with van der Waals surface area (Å²) in [5, 5.41) is -0.260. The minimum atomic E-state index is -0.267. The molecule has 24 heavy (non-hydrogen) atoms. The van der Waals surface area contributed by atoms with Gasteiger partial charge in [0, 0.05) is 0 Å². The quantitative estimate of drug-likeness (QED) is 0.725. The van der Waals surface area contributed by atoms with Gasteiger partial charge in [-0.15, -0.1) is 0 Å². The first-order chi connectivity index (χ1) is 11.5. The fraction of sp³-hybridized carbons (Fsp3) is 0.100. The van der Waals surface area contributed by atoms with Crippen LogP contribution in [0, 0.1) is 6.92 Å². The Balaban J connectivity index is 1.87. The van der Waals surface area contributed by atoms with Crippen molar-refractivity contribution >= 4 is 34.7 Å². The van der Waals surface area contributed by atoms with Crippen molar-refractivity contribution in [3.05, 3.63) is 82.3 Å². The third-order valence-electron chi connectivity index (χ3n) is 3.61. The van der Waals surface area contributed by atoms with Gasteiger partial charge >= 0.3 is 0 Å². The molecular weight excluding hydrogens is 318 g/mol. The summed E-state index contributed by atoms with van der Waals surface area (Å²) in [5.41, 5.74) is 3.61. The number of imide groups is 1. The number of rotatable bonds is 3. The molecule has 1 aliphatic heterocycles. The lowest BCUT2D eigenvalue weighted by Crippen LogP contribution is -2.27. The minimum Gasteiger partial charge on any atom is -0.268 e. The highest BCUT2D eigenvalue weighted by atomic mass is 32.2. The van der Waals surface area contributed by atoms with Crippen molar-refractivity contribution in [2.75, 3.05) is 4.90 Å².